The molecule has 0 bridgehead atoms. The van der Waals surface area contributed by atoms with Crippen molar-refractivity contribution in [1.82, 2.24) is 19.5 Å². The molecule has 8 heteroatoms. The van der Waals surface area contributed by atoms with E-state index in [1.165, 1.54) is 6.33 Å². The molecule has 3 heterocycles. The zero-order valence-corrected chi connectivity index (χ0v) is 14.3. The Hall–Kier alpha value is -2.38. The first kappa shape index (κ1) is 16.1. The summed E-state index contributed by atoms with van der Waals surface area (Å²) in [6.07, 6.45) is 6.45. The Balaban J connectivity index is 1.57. The summed E-state index contributed by atoms with van der Waals surface area (Å²) < 4.78 is 7.79. The van der Waals surface area contributed by atoms with Gasteiger partial charge in [-0.05, 0) is 37.0 Å². The highest BCUT2D eigenvalue weighted by Gasteiger charge is 2.20. The largest absolute Gasteiger partial charge is 0.506 e. The van der Waals surface area contributed by atoms with Crippen LogP contribution in [0.15, 0.2) is 30.9 Å². The lowest BCUT2D eigenvalue weighted by Gasteiger charge is -2.23. The molecule has 1 aliphatic rings. The summed E-state index contributed by atoms with van der Waals surface area (Å²) >= 11 is 5.84. The minimum atomic E-state index is -0.0188. The highest BCUT2D eigenvalue weighted by Crippen LogP contribution is 2.28. The zero-order valence-electron chi connectivity index (χ0n) is 13.5. The third-order valence-corrected chi connectivity index (χ3v) is 4.61. The predicted molar refractivity (Wildman–Crippen MR) is 94.6 cm³/mol. The van der Waals surface area contributed by atoms with Crippen LogP contribution in [0, 0.1) is 0 Å². The zero-order chi connectivity index (χ0) is 17.2. The van der Waals surface area contributed by atoms with Crippen LogP contribution in [0.1, 0.15) is 31.1 Å². The average molecular weight is 360 g/mol. The molecule has 0 radical (unpaired) electrons. The first-order valence-corrected chi connectivity index (χ1v) is 8.60. The Morgan fingerprint density at radius 1 is 1.28 bits per heavy atom. The van der Waals surface area contributed by atoms with E-state index in [0.717, 1.165) is 37.1 Å². The third kappa shape index (κ3) is 3.25. The van der Waals surface area contributed by atoms with Gasteiger partial charge in [0.1, 0.15) is 18.3 Å². The Labute approximate surface area is 149 Å². The molecular formula is C17H18ClN5O2. The van der Waals surface area contributed by atoms with Crippen LogP contribution >= 0.6 is 11.6 Å². The molecule has 7 nitrogen and oxygen atoms in total. The second-order valence-electron chi connectivity index (χ2n) is 6.01. The van der Waals surface area contributed by atoms with Gasteiger partial charge in [0.05, 0.1) is 11.3 Å². The van der Waals surface area contributed by atoms with Gasteiger partial charge in [0.25, 0.3) is 0 Å². The molecule has 2 N–H and O–H groups in total. The molecule has 2 aromatic heterocycles. The first-order chi connectivity index (χ1) is 12.2. The number of fused-ring (bicyclic) bond motifs is 1. The number of anilines is 1. The maximum Gasteiger partial charge on any atom is 0.167 e. The number of rotatable bonds is 4. The van der Waals surface area contributed by atoms with E-state index < -0.39 is 0 Å². The number of hydrogen-bond donors (Lipinski definition) is 2. The van der Waals surface area contributed by atoms with E-state index >= 15 is 0 Å². The van der Waals surface area contributed by atoms with Crippen molar-refractivity contribution in [2.24, 2.45) is 0 Å². The van der Waals surface area contributed by atoms with Crippen molar-refractivity contribution >= 4 is 28.6 Å². The molecule has 0 saturated carbocycles. The van der Waals surface area contributed by atoms with Gasteiger partial charge in [-0.3, -0.25) is 4.57 Å². The van der Waals surface area contributed by atoms with Crippen LogP contribution in [0.2, 0.25) is 5.02 Å². The number of phenols is 1. The second kappa shape index (κ2) is 6.85. The lowest BCUT2D eigenvalue weighted by atomic mass is 10.2. The summed E-state index contributed by atoms with van der Waals surface area (Å²) in [4.78, 5) is 13.1. The van der Waals surface area contributed by atoms with Crippen molar-refractivity contribution in [3.05, 3.63) is 41.4 Å². The van der Waals surface area contributed by atoms with Crippen molar-refractivity contribution < 1.29 is 9.84 Å². The van der Waals surface area contributed by atoms with E-state index in [9.17, 15) is 5.11 Å². The minimum Gasteiger partial charge on any atom is -0.506 e. The number of nitrogens with zero attached hydrogens (tertiary/aromatic N) is 4. The monoisotopic (exact) mass is 359 g/mol. The molecular weight excluding hydrogens is 342 g/mol. The van der Waals surface area contributed by atoms with Crippen LogP contribution in [-0.4, -0.2) is 31.2 Å². The normalized spacial score (nSPS) is 17.7. The Morgan fingerprint density at radius 2 is 2.20 bits per heavy atom. The van der Waals surface area contributed by atoms with E-state index in [2.05, 4.69) is 20.3 Å². The summed E-state index contributed by atoms with van der Waals surface area (Å²) in [6.45, 7) is 1.25. The molecule has 0 aliphatic carbocycles. The fourth-order valence-electron chi connectivity index (χ4n) is 2.99. The maximum atomic E-state index is 9.70. The number of ether oxygens (including phenoxy) is 1. The second-order valence-corrected chi connectivity index (χ2v) is 6.41. The summed E-state index contributed by atoms with van der Waals surface area (Å²) in [5.41, 5.74) is 2.35. The van der Waals surface area contributed by atoms with Gasteiger partial charge in [-0.1, -0.05) is 17.7 Å². The van der Waals surface area contributed by atoms with Crippen molar-refractivity contribution in [1.29, 1.82) is 0 Å². The van der Waals surface area contributed by atoms with Gasteiger partial charge < -0.3 is 15.2 Å². The fraction of sp³-hybridized carbons (Fsp3) is 0.353. The highest BCUT2D eigenvalue weighted by molar-refractivity contribution is 6.32. The topological polar surface area (TPSA) is 85.1 Å². The molecule has 1 saturated heterocycles. The summed E-state index contributed by atoms with van der Waals surface area (Å²) in [5, 5.41) is 13.3. The quantitative estimate of drug-likeness (QED) is 0.741. The van der Waals surface area contributed by atoms with Crippen molar-refractivity contribution in [2.75, 3.05) is 11.9 Å². The van der Waals surface area contributed by atoms with Crippen LogP contribution in [0.5, 0.6) is 5.75 Å². The smallest absolute Gasteiger partial charge is 0.167 e. The van der Waals surface area contributed by atoms with Gasteiger partial charge in [-0.15, -0.1) is 0 Å². The number of benzene rings is 1. The summed E-state index contributed by atoms with van der Waals surface area (Å²) in [5.74, 6) is 0.710. The number of aromatic hydroxyl groups is 1. The lowest BCUT2D eigenvalue weighted by molar-refractivity contribution is -0.0298. The predicted octanol–water partition coefficient (Wildman–Crippen LogP) is 3.50. The molecule has 0 spiro atoms. The number of imidazole rings is 1. The average Bonchev–Trinajstić information content (AvgIpc) is 3.08. The molecule has 25 heavy (non-hydrogen) atoms. The van der Waals surface area contributed by atoms with E-state index in [-0.39, 0.29) is 12.0 Å². The standard InChI is InChI=1S/C17H18ClN5O2/c18-12-5-4-11(7-13(12)24)8-19-16-15-17(21-9-20-16)23(10-22-15)14-3-1-2-6-25-14/h4-5,7,9-10,14,24H,1-3,6,8H2,(H,19,20,21). The number of halogens is 1. The fourth-order valence-corrected chi connectivity index (χ4v) is 3.11. The van der Waals surface area contributed by atoms with Gasteiger partial charge in [0.15, 0.2) is 17.0 Å². The Bertz CT molecular complexity index is 892. The van der Waals surface area contributed by atoms with Crippen LogP contribution in [0.3, 0.4) is 0 Å². The summed E-state index contributed by atoms with van der Waals surface area (Å²) in [7, 11) is 0. The Morgan fingerprint density at radius 3 is 3.00 bits per heavy atom. The highest BCUT2D eigenvalue weighted by atomic mass is 35.5. The van der Waals surface area contributed by atoms with Crippen LogP contribution < -0.4 is 5.32 Å². The molecule has 3 aromatic rings. The minimum absolute atomic E-state index is 0.0188. The van der Waals surface area contributed by atoms with E-state index in [4.69, 9.17) is 16.3 Å². The van der Waals surface area contributed by atoms with Crippen LogP contribution in [0.25, 0.3) is 11.2 Å². The maximum absolute atomic E-state index is 9.70. The number of aromatic nitrogens is 4. The van der Waals surface area contributed by atoms with Gasteiger partial charge in [-0.25, -0.2) is 15.0 Å². The molecule has 1 aliphatic heterocycles. The number of nitrogens with one attached hydrogen (secondary N) is 1. The van der Waals surface area contributed by atoms with Crippen LogP contribution in [-0.2, 0) is 11.3 Å². The first-order valence-electron chi connectivity index (χ1n) is 8.23. The third-order valence-electron chi connectivity index (χ3n) is 4.30. The molecule has 0 amide bonds. The lowest BCUT2D eigenvalue weighted by Crippen LogP contribution is -2.17. The number of hydrogen-bond acceptors (Lipinski definition) is 6. The SMILES string of the molecule is Oc1cc(CNc2ncnc3c2ncn3C2CCCCO2)ccc1Cl. The van der Waals surface area contributed by atoms with Crippen molar-refractivity contribution in [2.45, 2.75) is 32.0 Å². The molecule has 1 aromatic carbocycles. The van der Waals surface area contributed by atoms with Gasteiger partial charge in [0, 0.05) is 13.2 Å². The van der Waals surface area contributed by atoms with Gasteiger partial charge >= 0.3 is 0 Å². The van der Waals surface area contributed by atoms with Gasteiger partial charge in [-0.2, -0.15) is 0 Å². The summed E-state index contributed by atoms with van der Waals surface area (Å²) in [6, 6.07) is 5.14. The van der Waals surface area contributed by atoms with Crippen molar-refractivity contribution in [3.8, 4) is 5.75 Å². The van der Waals surface area contributed by atoms with E-state index in [1.807, 2.05) is 10.6 Å². The molecule has 4 rings (SSSR count). The Kier molecular flexibility index (Phi) is 4.42. The van der Waals surface area contributed by atoms with Crippen LogP contribution in [0.4, 0.5) is 5.82 Å². The van der Waals surface area contributed by atoms with Crippen molar-refractivity contribution in [3.63, 3.8) is 0 Å². The molecule has 1 atom stereocenters. The molecule has 1 fully saturated rings. The molecule has 1 unspecified atom stereocenters. The van der Waals surface area contributed by atoms with Gasteiger partial charge in [0.2, 0.25) is 0 Å². The van der Waals surface area contributed by atoms with E-state index in [1.54, 1.807) is 18.5 Å². The number of phenolic OH excluding ortho intramolecular Hbond substituents is 1. The van der Waals surface area contributed by atoms with E-state index in [0.29, 0.717) is 22.9 Å². The molecule has 130 valence electrons.